The van der Waals surface area contributed by atoms with Gasteiger partial charge < -0.3 is 9.47 Å². The predicted octanol–water partition coefficient (Wildman–Crippen LogP) is 2.86. The van der Waals surface area contributed by atoms with Gasteiger partial charge in [-0.05, 0) is 36.1 Å². The van der Waals surface area contributed by atoms with E-state index in [9.17, 15) is 8.42 Å². The Kier molecular flexibility index (Phi) is 5.96. The molecule has 2 aromatic rings. The smallest absolute Gasteiger partial charge is 0.215 e. The van der Waals surface area contributed by atoms with E-state index in [0.29, 0.717) is 19.8 Å². The summed E-state index contributed by atoms with van der Waals surface area (Å²) in [6.07, 6.45) is 1.57. The normalized spacial score (nSPS) is 17.0. The molecule has 0 amide bonds. The number of benzene rings is 2. The first-order valence-electron chi connectivity index (χ1n) is 8.77. The van der Waals surface area contributed by atoms with Gasteiger partial charge in [0.25, 0.3) is 0 Å². The summed E-state index contributed by atoms with van der Waals surface area (Å²) in [5, 5.41) is 0. The molecule has 0 saturated carbocycles. The molecule has 2 aromatic carbocycles. The second-order valence-corrected chi connectivity index (χ2v) is 8.49. The largest absolute Gasteiger partial charge is 0.497 e. The third-order valence-corrected chi connectivity index (χ3v) is 6.28. The van der Waals surface area contributed by atoms with Crippen molar-refractivity contribution < 1.29 is 17.9 Å². The van der Waals surface area contributed by atoms with Crippen LogP contribution in [-0.4, -0.2) is 35.3 Å². The zero-order valence-electron chi connectivity index (χ0n) is 15.0. The van der Waals surface area contributed by atoms with E-state index in [1.807, 2.05) is 54.6 Å². The van der Waals surface area contributed by atoms with Gasteiger partial charge in [-0.3, -0.25) is 0 Å². The quantitative estimate of drug-likeness (QED) is 0.808. The molecule has 1 fully saturated rings. The van der Waals surface area contributed by atoms with Crippen molar-refractivity contribution in [1.29, 1.82) is 0 Å². The second kappa shape index (κ2) is 8.20. The van der Waals surface area contributed by atoms with Crippen molar-refractivity contribution in [2.45, 2.75) is 24.0 Å². The maximum absolute atomic E-state index is 12.6. The second-order valence-electron chi connectivity index (χ2n) is 6.69. The molecule has 0 unspecified atom stereocenters. The van der Waals surface area contributed by atoms with E-state index in [1.165, 1.54) is 0 Å². The lowest BCUT2D eigenvalue weighted by molar-refractivity contribution is 0.0517. The Morgan fingerprint density at radius 3 is 2.31 bits per heavy atom. The van der Waals surface area contributed by atoms with E-state index >= 15 is 0 Å². The van der Waals surface area contributed by atoms with Crippen LogP contribution in [0.3, 0.4) is 0 Å². The summed E-state index contributed by atoms with van der Waals surface area (Å²) in [6, 6.07) is 17.1. The third-order valence-electron chi connectivity index (χ3n) is 4.98. The van der Waals surface area contributed by atoms with Gasteiger partial charge in [-0.25, -0.2) is 13.1 Å². The zero-order valence-corrected chi connectivity index (χ0v) is 15.8. The van der Waals surface area contributed by atoms with E-state index in [4.69, 9.17) is 9.47 Å². The first kappa shape index (κ1) is 18.9. The molecule has 1 heterocycles. The molecule has 0 aromatic heterocycles. The zero-order chi connectivity index (χ0) is 18.5. The first-order valence-corrected chi connectivity index (χ1v) is 10.4. The number of ether oxygens (including phenoxy) is 2. The number of nitrogens with one attached hydrogen (secondary N) is 1. The van der Waals surface area contributed by atoms with Crippen LogP contribution < -0.4 is 9.46 Å². The highest BCUT2D eigenvalue weighted by molar-refractivity contribution is 7.88. The molecule has 0 spiro atoms. The van der Waals surface area contributed by atoms with E-state index in [1.54, 1.807) is 7.11 Å². The van der Waals surface area contributed by atoms with Crippen molar-refractivity contribution in [2.24, 2.45) is 0 Å². The molecule has 1 saturated heterocycles. The molecule has 6 heteroatoms. The highest BCUT2D eigenvalue weighted by Gasteiger charge is 2.35. The minimum absolute atomic E-state index is 0.0109. The topological polar surface area (TPSA) is 64.6 Å². The summed E-state index contributed by atoms with van der Waals surface area (Å²) >= 11 is 0. The van der Waals surface area contributed by atoms with E-state index in [2.05, 4.69) is 4.72 Å². The lowest BCUT2D eigenvalue weighted by atomic mass is 9.74. The molecule has 140 valence electrons. The van der Waals surface area contributed by atoms with Crippen LogP contribution in [0.15, 0.2) is 54.6 Å². The predicted molar refractivity (Wildman–Crippen MR) is 102 cm³/mol. The molecule has 0 radical (unpaired) electrons. The Morgan fingerprint density at radius 1 is 1.04 bits per heavy atom. The number of sulfonamides is 1. The highest BCUT2D eigenvalue weighted by Crippen LogP contribution is 2.35. The number of hydrogen-bond acceptors (Lipinski definition) is 4. The third kappa shape index (κ3) is 4.63. The summed E-state index contributed by atoms with van der Waals surface area (Å²) in [5.74, 6) is 0.781. The van der Waals surface area contributed by atoms with Crippen molar-refractivity contribution >= 4 is 10.0 Å². The van der Waals surface area contributed by atoms with Crippen molar-refractivity contribution in [2.75, 3.05) is 26.9 Å². The Bertz CT molecular complexity index is 797. The van der Waals surface area contributed by atoms with Crippen LogP contribution in [0.25, 0.3) is 0 Å². The van der Waals surface area contributed by atoms with Crippen molar-refractivity contribution in [3.63, 3.8) is 0 Å². The van der Waals surface area contributed by atoms with E-state index in [0.717, 1.165) is 29.7 Å². The Hall–Kier alpha value is -1.89. The van der Waals surface area contributed by atoms with Crippen LogP contribution in [0.1, 0.15) is 24.0 Å². The van der Waals surface area contributed by atoms with Crippen molar-refractivity contribution in [3.05, 3.63) is 65.7 Å². The standard InChI is InChI=1S/C20H25NO4S/c1-24-19-9-7-18(8-10-19)20(11-13-25-14-12-20)16-21-26(22,23)15-17-5-3-2-4-6-17/h2-10,21H,11-16H2,1H3. The molecular formula is C20H25NO4S. The molecular weight excluding hydrogens is 350 g/mol. The van der Waals surface area contributed by atoms with Crippen molar-refractivity contribution in [1.82, 2.24) is 4.72 Å². The van der Waals surface area contributed by atoms with Gasteiger partial charge in [-0.1, -0.05) is 42.5 Å². The van der Waals surface area contributed by atoms with Gasteiger partial charge >= 0.3 is 0 Å². The fourth-order valence-corrected chi connectivity index (χ4v) is 4.60. The summed E-state index contributed by atoms with van der Waals surface area (Å²) in [7, 11) is -1.77. The number of methoxy groups -OCH3 is 1. The molecule has 1 N–H and O–H groups in total. The maximum Gasteiger partial charge on any atom is 0.215 e. The van der Waals surface area contributed by atoms with Gasteiger partial charge in [0.15, 0.2) is 0 Å². The summed E-state index contributed by atoms with van der Waals surface area (Å²) in [6.45, 7) is 1.64. The Morgan fingerprint density at radius 2 is 1.69 bits per heavy atom. The molecule has 1 aliphatic rings. The van der Waals surface area contributed by atoms with Crippen molar-refractivity contribution in [3.8, 4) is 5.75 Å². The average Bonchev–Trinajstić information content (AvgIpc) is 2.68. The fraction of sp³-hybridized carbons (Fsp3) is 0.400. The molecule has 0 aliphatic carbocycles. The number of rotatable bonds is 7. The lowest BCUT2D eigenvalue weighted by Crippen LogP contribution is -2.44. The number of hydrogen-bond donors (Lipinski definition) is 1. The van der Waals surface area contributed by atoms with E-state index in [-0.39, 0.29) is 11.2 Å². The first-order chi connectivity index (χ1) is 12.5. The maximum atomic E-state index is 12.6. The summed E-state index contributed by atoms with van der Waals surface area (Å²) in [5.41, 5.74) is 1.64. The molecule has 0 bridgehead atoms. The summed E-state index contributed by atoms with van der Waals surface area (Å²) < 4.78 is 38.7. The Balaban J connectivity index is 1.75. The van der Waals surface area contributed by atoms with Gasteiger partial charge in [0, 0.05) is 25.2 Å². The average molecular weight is 375 g/mol. The van der Waals surface area contributed by atoms with Crippen LogP contribution >= 0.6 is 0 Å². The molecule has 26 heavy (non-hydrogen) atoms. The van der Waals surface area contributed by atoms with Crippen LogP contribution in [0.5, 0.6) is 5.75 Å². The van der Waals surface area contributed by atoms with E-state index < -0.39 is 10.0 Å². The SMILES string of the molecule is COc1ccc(C2(CNS(=O)(=O)Cc3ccccc3)CCOCC2)cc1. The minimum Gasteiger partial charge on any atom is -0.497 e. The van der Waals surface area contributed by atoms with Crippen LogP contribution in [0.2, 0.25) is 0 Å². The fourth-order valence-electron chi connectivity index (χ4n) is 3.37. The molecule has 5 nitrogen and oxygen atoms in total. The van der Waals surface area contributed by atoms with Crippen LogP contribution in [-0.2, 0) is 25.9 Å². The molecule has 0 atom stereocenters. The van der Waals surface area contributed by atoms with Gasteiger partial charge in [0.05, 0.1) is 12.9 Å². The molecule has 3 rings (SSSR count). The summed E-state index contributed by atoms with van der Waals surface area (Å²) in [4.78, 5) is 0. The van der Waals surface area contributed by atoms with Crippen LogP contribution in [0.4, 0.5) is 0 Å². The van der Waals surface area contributed by atoms with Gasteiger partial charge in [0.2, 0.25) is 10.0 Å². The minimum atomic E-state index is -3.41. The lowest BCUT2D eigenvalue weighted by Gasteiger charge is -2.38. The van der Waals surface area contributed by atoms with Gasteiger partial charge in [-0.15, -0.1) is 0 Å². The van der Waals surface area contributed by atoms with Crippen LogP contribution in [0, 0.1) is 0 Å². The van der Waals surface area contributed by atoms with Gasteiger partial charge in [0.1, 0.15) is 5.75 Å². The van der Waals surface area contributed by atoms with Gasteiger partial charge in [-0.2, -0.15) is 0 Å². The molecule has 1 aliphatic heterocycles. The Labute approximate surface area is 155 Å². The monoisotopic (exact) mass is 375 g/mol. The highest BCUT2D eigenvalue weighted by atomic mass is 32.2.